The van der Waals surface area contributed by atoms with Gasteiger partial charge in [0, 0.05) is 27.4 Å². The summed E-state index contributed by atoms with van der Waals surface area (Å²) in [6, 6.07) is 0.402. The van der Waals surface area contributed by atoms with Crippen molar-refractivity contribution in [3.8, 4) is 0 Å². The maximum absolute atomic E-state index is 5.56. The van der Waals surface area contributed by atoms with E-state index >= 15 is 0 Å². The molecule has 0 saturated carbocycles. The van der Waals surface area contributed by atoms with Crippen molar-refractivity contribution >= 4 is 32.0 Å². The maximum Gasteiger partial charge on any atom is 0.502 e. The Morgan fingerprint density at radius 3 is 1.55 bits per heavy atom. The lowest BCUT2D eigenvalue weighted by Crippen LogP contribution is -2.44. The van der Waals surface area contributed by atoms with Crippen molar-refractivity contribution in [3.63, 3.8) is 0 Å². The molecule has 0 atom stereocenters. The van der Waals surface area contributed by atoms with Crippen LogP contribution < -0.4 is 0 Å². The fourth-order valence-electron chi connectivity index (χ4n) is 0.689. The standard InChI is InChI=1S/C5H12Cl2O3Si/c1-8-11(9-2,10-3)4-5(6)7/h5H,4H2,1-3H3. The molecule has 0 aromatic heterocycles. The molecule has 11 heavy (non-hydrogen) atoms. The molecule has 0 aromatic carbocycles. The van der Waals surface area contributed by atoms with Gasteiger partial charge in [0.25, 0.3) is 0 Å². The maximum atomic E-state index is 5.56. The van der Waals surface area contributed by atoms with Crippen molar-refractivity contribution in [2.24, 2.45) is 0 Å². The van der Waals surface area contributed by atoms with Gasteiger partial charge in [0.05, 0.1) is 0 Å². The highest BCUT2D eigenvalue weighted by Crippen LogP contribution is 2.20. The zero-order valence-electron chi connectivity index (χ0n) is 6.77. The summed E-state index contributed by atoms with van der Waals surface area (Å²) in [4.78, 5) is -0.512. The number of halogens is 2. The molecule has 68 valence electrons. The van der Waals surface area contributed by atoms with E-state index in [0.717, 1.165) is 0 Å². The molecule has 6 heteroatoms. The normalized spacial score (nSPS) is 12.5. The Kier molecular flexibility index (Phi) is 5.67. The van der Waals surface area contributed by atoms with E-state index in [1.807, 2.05) is 0 Å². The van der Waals surface area contributed by atoms with Crippen LogP contribution in [0.2, 0.25) is 6.04 Å². The molecule has 0 spiro atoms. The Hall–Kier alpha value is 0.677. The highest BCUT2D eigenvalue weighted by Gasteiger charge is 2.39. The van der Waals surface area contributed by atoms with E-state index < -0.39 is 13.6 Å². The molecule has 3 nitrogen and oxygen atoms in total. The molecule has 0 amide bonds. The first-order valence-electron chi connectivity index (χ1n) is 3.04. The summed E-state index contributed by atoms with van der Waals surface area (Å²) in [5, 5.41) is 0. The third kappa shape index (κ3) is 3.73. The largest absolute Gasteiger partial charge is 0.502 e. The minimum absolute atomic E-state index is 0.402. The first-order chi connectivity index (χ1) is 5.10. The van der Waals surface area contributed by atoms with Crippen LogP contribution in [0.15, 0.2) is 0 Å². The van der Waals surface area contributed by atoms with Crippen LogP contribution in [0, 0.1) is 0 Å². The molecule has 0 saturated heterocycles. The average Bonchev–Trinajstić information content (AvgIpc) is 2.00. The molecular weight excluding hydrogens is 207 g/mol. The molecule has 0 N–H and O–H groups in total. The summed E-state index contributed by atoms with van der Waals surface area (Å²) in [6.07, 6.45) is 0. The van der Waals surface area contributed by atoms with Crippen molar-refractivity contribution in [2.45, 2.75) is 10.9 Å². The second-order valence-corrected chi connectivity index (χ2v) is 6.17. The Balaban J connectivity index is 4.05. The molecule has 0 bridgehead atoms. The lowest BCUT2D eigenvalue weighted by atomic mass is 10.9. The van der Waals surface area contributed by atoms with Crippen LogP contribution in [0.4, 0.5) is 0 Å². The van der Waals surface area contributed by atoms with Crippen LogP contribution in [0.1, 0.15) is 0 Å². The van der Waals surface area contributed by atoms with Crippen LogP contribution in [-0.4, -0.2) is 35.0 Å². The Bertz CT molecular complexity index is 99.6. The second-order valence-electron chi connectivity index (χ2n) is 1.89. The number of hydrogen-bond donors (Lipinski definition) is 0. The van der Waals surface area contributed by atoms with Gasteiger partial charge in [-0.15, -0.1) is 23.2 Å². The van der Waals surface area contributed by atoms with Crippen molar-refractivity contribution in [2.75, 3.05) is 21.3 Å². The van der Waals surface area contributed by atoms with E-state index in [1.165, 1.54) is 21.3 Å². The molecule has 0 aliphatic heterocycles. The first kappa shape index (κ1) is 11.7. The molecule has 0 unspecified atom stereocenters. The van der Waals surface area contributed by atoms with E-state index in [4.69, 9.17) is 36.5 Å². The third-order valence-corrected chi connectivity index (χ3v) is 4.94. The third-order valence-electron chi connectivity index (χ3n) is 1.34. The Morgan fingerprint density at radius 1 is 1.09 bits per heavy atom. The van der Waals surface area contributed by atoms with Gasteiger partial charge in [0.15, 0.2) is 0 Å². The molecule has 0 aromatic rings. The quantitative estimate of drug-likeness (QED) is 0.520. The van der Waals surface area contributed by atoms with E-state index in [1.54, 1.807) is 0 Å². The van der Waals surface area contributed by atoms with Crippen LogP contribution in [-0.2, 0) is 13.3 Å². The summed E-state index contributed by atoms with van der Waals surface area (Å²) in [6.45, 7) is 0. The monoisotopic (exact) mass is 218 g/mol. The van der Waals surface area contributed by atoms with Gasteiger partial charge in [0.1, 0.15) is 4.84 Å². The van der Waals surface area contributed by atoms with Gasteiger partial charge in [-0.2, -0.15) is 0 Å². The highest BCUT2D eigenvalue weighted by atomic mass is 35.5. The van der Waals surface area contributed by atoms with E-state index in [9.17, 15) is 0 Å². The highest BCUT2D eigenvalue weighted by molar-refractivity contribution is 6.64. The van der Waals surface area contributed by atoms with Gasteiger partial charge in [0.2, 0.25) is 0 Å². The summed E-state index contributed by atoms with van der Waals surface area (Å²) in [7, 11) is 2.03. The van der Waals surface area contributed by atoms with Crippen molar-refractivity contribution in [1.82, 2.24) is 0 Å². The molecule has 0 rings (SSSR count). The minimum Gasteiger partial charge on any atom is -0.377 e. The zero-order valence-corrected chi connectivity index (χ0v) is 9.28. The van der Waals surface area contributed by atoms with Crippen LogP contribution in [0.5, 0.6) is 0 Å². The van der Waals surface area contributed by atoms with Crippen LogP contribution in [0.3, 0.4) is 0 Å². The molecular formula is C5H12Cl2O3Si. The Morgan fingerprint density at radius 2 is 1.45 bits per heavy atom. The average molecular weight is 219 g/mol. The summed E-state index contributed by atoms with van der Waals surface area (Å²) in [5.74, 6) is 0. The van der Waals surface area contributed by atoms with Gasteiger partial charge in [-0.1, -0.05) is 0 Å². The van der Waals surface area contributed by atoms with E-state index in [0.29, 0.717) is 6.04 Å². The first-order valence-corrected chi connectivity index (χ1v) is 5.84. The molecule has 0 heterocycles. The Labute approximate surface area is 77.9 Å². The van der Waals surface area contributed by atoms with Crippen molar-refractivity contribution < 1.29 is 13.3 Å². The molecule has 0 aliphatic carbocycles. The summed E-state index contributed by atoms with van der Waals surface area (Å²) < 4.78 is 15.2. The molecule has 0 fully saturated rings. The van der Waals surface area contributed by atoms with Gasteiger partial charge < -0.3 is 13.3 Å². The summed E-state index contributed by atoms with van der Waals surface area (Å²) in [5.41, 5.74) is 0. The van der Waals surface area contributed by atoms with Crippen molar-refractivity contribution in [3.05, 3.63) is 0 Å². The summed E-state index contributed by atoms with van der Waals surface area (Å²) >= 11 is 11.1. The number of hydrogen-bond acceptors (Lipinski definition) is 3. The fourth-order valence-corrected chi connectivity index (χ4v) is 3.20. The van der Waals surface area contributed by atoms with Crippen molar-refractivity contribution in [1.29, 1.82) is 0 Å². The number of rotatable bonds is 5. The van der Waals surface area contributed by atoms with Gasteiger partial charge >= 0.3 is 8.80 Å². The predicted molar refractivity (Wildman–Crippen MR) is 47.1 cm³/mol. The molecule has 0 aliphatic rings. The van der Waals surface area contributed by atoms with Gasteiger partial charge in [-0.3, -0.25) is 0 Å². The fraction of sp³-hybridized carbons (Fsp3) is 1.00. The lowest BCUT2D eigenvalue weighted by molar-refractivity contribution is 0.125. The SMILES string of the molecule is CO[Si](CC(Cl)Cl)(OC)OC. The smallest absolute Gasteiger partial charge is 0.377 e. The second kappa shape index (κ2) is 5.34. The lowest BCUT2D eigenvalue weighted by Gasteiger charge is -2.24. The topological polar surface area (TPSA) is 27.7 Å². The van der Waals surface area contributed by atoms with E-state index in [2.05, 4.69) is 0 Å². The number of alkyl halides is 2. The minimum atomic E-state index is -2.54. The van der Waals surface area contributed by atoms with Crippen LogP contribution >= 0.6 is 23.2 Å². The predicted octanol–water partition coefficient (Wildman–Crippen LogP) is 1.67. The van der Waals surface area contributed by atoms with Crippen LogP contribution in [0.25, 0.3) is 0 Å². The van der Waals surface area contributed by atoms with Gasteiger partial charge in [-0.25, -0.2) is 0 Å². The van der Waals surface area contributed by atoms with E-state index in [-0.39, 0.29) is 0 Å². The molecule has 0 radical (unpaired) electrons. The van der Waals surface area contributed by atoms with Gasteiger partial charge in [-0.05, 0) is 0 Å². The zero-order chi connectivity index (χ0) is 8.91.